The fraction of sp³-hybridized carbons (Fsp3) is 0. The summed E-state index contributed by atoms with van der Waals surface area (Å²) in [7, 11) is 0. The third kappa shape index (κ3) is 4.90. The molecule has 0 spiro atoms. The van der Waals surface area contributed by atoms with E-state index in [0.29, 0.717) is 0 Å². The number of furan rings is 1. The van der Waals surface area contributed by atoms with E-state index in [1.54, 1.807) is 0 Å². The van der Waals surface area contributed by atoms with Gasteiger partial charge in [-0.1, -0.05) is 121 Å². The molecule has 0 radical (unpaired) electrons. The summed E-state index contributed by atoms with van der Waals surface area (Å²) in [6, 6.07) is 69.1. The molecule has 2 aromatic heterocycles. The van der Waals surface area contributed by atoms with Crippen molar-refractivity contribution in [2.45, 2.75) is 0 Å². The summed E-state index contributed by atoms with van der Waals surface area (Å²) in [5, 5.41) is 4.81. The van der Waals surface area contributed by atoms with Gasteiger partial charge in [-0.15, -0.1) is 0 Å². The zero-order valence-corrected chi connectivity index (χ0v) is 27.8. The van der Waals surface area contributed by atoms with Gasteiger partial charge in [0.25, 0.3) is 0 Å². The average molecular weight is 653 g/mol. The van der Waals surface area contributed by atoms with Gasteiger partial charge in [0.05, 0.1) is 11.0 Å². The summed E-state index contributed by atoms with van der Waals surface area (Å²) in [5.41, 5.74) is 13.3. The zero-order valence-electron chi connectivity index (χ0n) is 27.8. The quantitative estimate of drug-likeness (QED) is 0.178. The van der Waals surface area contributed by atoms with Gasteiger partial charge in [0.15, 0.2) is 0 Å². The Hall–Kier alpha value is -6.84. The van der Waals surface area contributed by atoms with Crippen LogP contribution in [0, 0.1) is 0 Å². The van der Waals surface area contributed by atoms with E-state index < -0.39 is 0 Å². The molecule has 3 heteroatoms. The van der Waals surface area contributed by atoms with E-state index in [-0.39, 0.29) is 0 Å². The van der Waals surface area contributed by atoms with E-state index >= 15 is 0 Å². The van der Waals surface area contributed by atoms with Crippen molar-refractivity contribution in [3.8, 4) is 27.9 Å². The minimum absolute atomic E-state index is 0.900. The Labute approximate surface area is 295 Å². The average Bonchev–Trinajstić information content (AvgIpc) is 3.75. The van der Waals surface area contributed by atoms with Crippen LogP contribution in [0.15, 0.2) is 199 Å². The second kappa shape index (κ2) is 11.9. The monoisotopic (exact) mass is 652 g/mol. The first-order valence-corrected chi connectivity index (χ1v) is 17.4. The van der Waals surface area contributed by atoms with Crippen LogP contribution in [0.4, 0.5) is 17.1 Å². The highest BCUT2D eigenvalue weighted by atomic mass is 16.3. The van der Waals surface area contributed by atoms with Crippen LogP contribution in [0.5, 0.6) is 0 Å². The maximum Gasteiger partial charge on any atom is 0.136 e. The third-order valence-electron chi connectivity index (χ3n) is 9.98. The third-order valence-corrected chi connectivity index (χ3v) is 9.98. The number of fused-ring (bicyclic) bond motifs is 6. The molecule has 0 saturated heterocycles. The summed E-state index contributed by atoms with van der Waals surface area (Å²) < 4.78 is 8.61. The van der Waals surface area contributed by atoms with Gasteiger partial charge >= 0.3 is 0 Å². The molecule has 10 rings (SSSR count). The van der Waals surface area contributed by atoms with E-state index in [2.05, 4.69) is 191 Å². The number of rotatable bonds is 6. The molecule has 0 aliphatic rings. The molecule has 0 atom stereocenters. The molecule has 0 unspecified atom stereocenters. The summed E-state index contributed by atoms with van der Waals surface area (Å²) in [6.45, 7) is 0. The fourth-order valence-electron chi connectivity index (χ4n) is 7.68. The first kappa shape index (κ1) is 29.1. The molecule has 8 aromatic carbocycles. The van der Waals surface area contributed by atoms with Gasteiger partial charge in [-0.2, -0.15) is 0 Å². The maximum atomic E-state index is 6.23. The summed E-state index contributed by atoms with van der Waals surface area (Å²) >= 11 is 0. The van der Waals surface area contributed by atoms with Crippen molar-refractivity contribution in [1.82, 2.24) is 4.57 Å². The number of anilines is 3. The number of hydrogen-bond acceptors (Lipinski definition) is 2. The standard InChI is InChI=1S/C48H32N2O/c1-2-15-36(16-3-1)49(38-17-11-14-35(32-38)40-22-12-26-47-48(40)43-21-6-9-25-46(43)51-47)37-29-27-33(28-30-37)34-13-10-18-39(31-34)50-44-23-7-4-19-41(44)42-20-5-8-24-45(42)50/h1-32H. The van der Waals surface area contributed by atoms with Crippen molar-refractivity contribution >= 4 is 60.8 Å². The minimum atomic E-state index is 0.900. The lowest BCUT2D eigenvalue weighted by atomic mass is 9.98. The second-order valence-electron chi connectivity index (χ2n) is 13.0. The number of hydrogen-bond donors (Lipinski definition) is 0. The Morgan fingerprint density at radius 1 is 0.373 bits per heavy atom. The van der Waals surface area contributed by atoms with Gasteiger partial charge in [0, 0.05) is 44.3 Å². The lowest BCUT2D eigenvalue weighted by molar-refractivity contribution is 0.669. The predicted molar refractivity (Wildman–Crippen MR) is 214 cm³/mol. The van der Waals surface area contributed by atoms with E-state index in [9.17, 15) is 0 Å². The molecule has 0 fully saturated rings. The van der Waals surface area contributed by atoms with Crippen LogP contribution in [-0.4, -0.2) is 4.57 Å². The van der Waals surface area contributed by atoms with Crippen LogP contribution in [0.2, 0.25) is 0 Å². The molecule has 0 aliphatic heterocycles. The lowest BCUT2D eigenvalue weighted by Crippen LogP contribution is -2.09. The predicted octanol–water partition coefficient (Wildman–Crippen LogP) is 13.5. The topological polar surface area (TPSA) is 21.3 Å². The normalized spacial score (nSPS) is 11.5. The van der Waals surface area contributed by atoms with Crippen LogP contribution in [0.1, 0.15) is 0 Å². The first-order chi connectivity index (χ1) is 25.3. The van der Waals surface area contributed by atoms with E-state index in [1.807, 2.05) is 12.1 Å². The van der Waals surface area contributed by atoms with Crippen molar-refractivity contribution in [2.75, 3.05) is 4.90 Å². The van der Waals surface area contributed by atoms with Crippen molar-refractivity contribution in [2.24, 2.45) is 0 Å². The lowest BCUT2D eigenvalue weighted by Gasteiger charge is -2.26. The molecule has 0 N–H and O–H groups in total. The second-order valence-corrected chi connectivity index (χ2v) is 13.0. The summed E-state index contributed by atoms with van der Waals surface area (Å²) in [5.74, 6) is 0. The molecule has 240 valence electrons. The van der Waals surface area contributed by atoms with Gasteiger partial charge in [-0.25, -0.2) is 0 Å². The first-order valence-electron chi connectivity index (χ1n) is 17.4. The van der Waals surface area contributed by atoms with E-state index in [0.717, 1.165) is 55.8 Å². The molecular formula is C48H32N2O. The van der Waals surface area contributed by atoms with Gasteiger partial charge in [0.1, 0.15) is 11.2 Å². The molecule has 2 heterocycles. The largest absolute Gasteiger partial charge is 0.456 e. The van der Waals surface area contributed by atoms with E-state index in [1.165, 1.54) is 32.9 Å². The molecule has 0 amide bonds. The highest BCUT2D eigenvalue weighted by Crippen LogP contribution is 2.41. The van der Waals surface area contributed by atoms with E-state index in [4.69, 9.17) is 4.42 Å². The van der Waals surface area contributed by atoms with Crippen LogP contribution < -0.4 is 4.90 Å². The van der Waals surface area contributed by atoms with Crippen LogP contribution in [0.3, 0.4) is 0 Å². The molecule has 10 aromatic rings. The van der Waals surface area contributed by atoms with Gasteiger partial charge in [-0.3, -0.25) is 0 Å². The zero-order chi connectivity index (χ0) is 33.7. The van der Waals surface area contributed by atoms with Crippen molar-refractivity contribution in [3.05, 3.63) is 194 Å². The Morgan fingerprint density at radius 3 is 1.75 bits per heavy atom. The number of benzene rings is 8. The van der Waals surface area contributed by atoms with Crippen LogP contribution in [-0.2, 0) is 0 Å². The van der Waals surface area contributed by atoms with Gasteiger partial charge < -0.3 is 13.9 Å². The smallest absolute Gasteiger partial charge is 0.136 e. The Balaban J connectivity index is 1.05. The van der Waals surface area contributed by atoms with Crippen LogP contribution >= 0.6 is 0 Å². The van der Waals surface area contributed by atoms with Crippen molar-refractivity contribution in [3.63, 3.8) is 0 Å². The molecule has 0 bridgehead atoms. The van der Waals surface area contributed by atoms with Crippen LogP contribution in [0.25, 0.3) is 71.7 Å². The number of aromatic nitrogens is 1. The highest BCUT2D eigenvalue weighted by molar-refractivity contribution is 6.12. The van der Waals surface area contributed by atoms with Crippen molar-refractivity contribution < 1.29 is 4.42 Å². The molecule has 51 heavy (non-hydrogen) atoms. The molecule has 0 saturated carbocycles. The molecular weight excluding hydrogens is 621 g/mol. The number of para-hydroxylation sites is 4. The van der Waals surface area contributed by atoms with Gasteiger partial charge in [0.2, 0.25) is 0 Å². The SMILES string of the molecule is c1ccc(N(c2ccc(-c3cccc(-n4c5ccccc5c5ccccc54)c3)cc2)c2cccc(-c3cccc4oc5ccccc5c34)c2)cc1. The number of nitrogens with zero attached hydrogens (tertiary/aromatic N) is 2. The minimum Gasteiger partial charge on any atom is -0.456 e. The highest BCUT2D eigenvalue weighted by Gasteiger charge is 2.17. The maximum absolute atomic E-state index is 6.23. The Bertz CT molecular complexity index is 2810. The fourth-order valence-corrected chi connectivity index (χ4v) is 7.68. The summed E-state index contributed by atoms with van der Waals surface area (Å²) in [4.78, 5) is 2.33. The Morgan fingerprint density at radius 2 is 0.961 bits per heavy atom. The van der Waals surface area contributed by atoms with Gasteiger partial charge in [-0.05, 0) is 95.1 Å². The molecule has 0 aliphatic carbocycles. The Kier molecular flexibility index (Phi) is 6.81. The van der Waals surface area contributed by atoms with Crippen molar-refractivity contribution in [1.29, 1.82) is 0 Å². The molecule has 3 nitrogen and oxygen atoms in total. The summed E-state index contributed by atoms with van der Waals surface area (Å²) in [6.07, 6.45) is 0.